The van der Waals surface area contributed by atoms with E-state index in [4.69, 9.17) is 5.73 Å². The van der Waals surface area contributed by atoms with Gasteiger partial charge in [0.2, 0.25) is 6.41 Å². The summed E-state index contributed by atoms with van der Waals surface area (Å²) in [4.78, 5) is 21.6. The fraction of sp³-hybridized carbons (Fsp3) is 0.333. The van der Waals surface area contributed by atoms with Crippen LogP contribution < -0.4 is 16.4 Å². The molecule has 0 saturated carbocycles. The highest BCUT2D eigenvalue weighted by Crippen LogP contribution is 2.03. The number of amides is 2. The Kier molecular flexibility index (Phi) is 5.74. The molecule has 0 radical (unpaired) electrons. The molecule has 1 aromatic rings. The summed E-state index contributed by atoms with van der Waals surface area (Å²) in [5.41, 5.74) is 7.08. The van der Waals surface area contributed by atoms with Crippen LogP contribution in [0.4, 0.5) is 0 Å². The lowest BCUT2D eigenvalue weighted by Crippen LogP contribution is -2.27. The average Bonchev–Trinajstić information content (AvgIpc) is 2.38. The van der Waals surface area contributed by atoms with Gasteiger partial charge in [-0.2, -0.15) is 0 Å². The van der Waals surface area contributed by atoms with Crippen LogP contribution >= 0.6 is 0 Å². The molecule has 0 aliphatic rings. The van der Waals surface area contributed by atoms with Crippen LogP contribution in [0.3, 0.4) is 0 Å². The second-order valence-electron chi connectivity index (χ2n) is 3.58. The maximum Gasteiger partial charge on any atom is 0.251 e. The van der Waals surface area contributed by atoms with E-state index in [9.17, 15) is 9.59 Å². The van der Waals surface area contributed by atoms with E-state index in [0.717, 1.165) is 5.56 Å². The molecular weight excluding hydrogens is 218 g/mol. The zero-order valence-electron chi connectivity index (χ0n) is 9.61. The standard InChI is InChI=1S/C12H17N3O2/c13-8-10-2-4-11(5-3-10)12(17)15-7-1-6-14-9-16/h2-5,9H,1,6-8,13H2,(H,14,16)(H,15,17). The fourth-order valence-electron chi connectivity index (χ4n) is 1.35. The lowest BCUT2D eigenvalue weighted by molar-refractivity contribution is -0.109. The first kappa shape index (κ1) is 13.2. The van der Waals surface area contributed by atoms with Gasteiger partial charge in [-0.3, -0.25) is 9.59 Å². The molecule has 5 heteroatoms. The molecule has 0 saturated heterocycles. The normalized spacial score (nSPS) is 9.71. The van der Waals surface area contributed by atoms with Crippen molar-refractivity contribution in [1.82, 2.24) is 10.6 Å². The highest BCUT2D eigenvalue weighted by atomic mass is 16.1. The number of carbonyl (C=O) groups is 2. The molecule has 1 rings (SSSR count). The predicted molar refractivity (Wildman–Crippen MR) is 65.4 cm³/mol. The molecule has 0 unspecified atom stereocenters. The first-order valence-electron chi connectivity index (χ1n) is 5.52. The van der Waals surface area contributed by atoms with Crippen LogP contribution in [0.2, 0.25) is 0 Å². The average molecular weight is 235 g/mol. The third-order valence-electron chi connectivity index (χ3n) is 2.32. The van der Waals surface area contributed by atoms with E-state index < -0.39 is 0 Å². The van der Waals surface area contributed by atoms with Gasteiger partial charge in [0.25, 0.3) is 5.91 Å². The second-order valence-corrected chi connectivity index (χ2v) is 3.58. The molecule has 2 amide bonds. The van der Waals surface area contributed by atoms with Crippen molar-refractivity contribution >= 4 is 12.3 Å². The summed E-state index contributed by atoms with van der Waals surface area (Å²) < 4.78 is 0. The third kappa shape index (κ3) is 4.65. The van der Waals surface area contributed by atoms with Gasteiger partial charge in [-0.25, -0.2) is 0 Å². The molecule has 0 heterocycles. The number of rotatable bonds is 7. The molecule has 0 atom stereocenters. The molecule has 0 spiro atoms. The van der Waals surface area contributed by atoms with Crippen molar-refractivity contribution in [3.05, 3.63) is 35.4 Å². The monoisotopic (exact) mass is 235 g/mol. The van der Waals surface area contributed by atoms with Gasteiger partial charge in [0.15, 0.2) is 0 Å². The highest BCUT2D eigenvalue weighted by molar-refractivity contribution is 5.94. The predicted octanol–water partition coefficient (Wildman–Crippen LogP) is 0.0112. The number of nitrogens with one attached hydrogen (secondary N) is 2. The summed E-state index contributed by atoms with van der Waals surface area (Å²) in [7, 11) is 0. The zero-order valence-corrected chi connectivity index (χ0v) is 9.61. The zero-order chi connectivity index (χ0) is 12.5. The van der Waals surface area contributed by atoms with Gasteiger partial charge < -0.3 is 16.4 Å². The van der Waals surface area contributed by atoms with Crippen molar-refractivity contribution < 1.29 is 9.59 Å². The quantitative estimate of drug-likeness (QED) is 0.460. The number of nitrogens with two attached hydrogens (primary N) is 1. The van der Waals surface area contributed by atoms with Crippen LogP contribution in [-0.2, 0) is 11.3 Å². The number of carbonyl (C=O) groups excluding carboxylic acids is 2. The van der Waals surface area contributed by atoms with Gasteiger partial charge in [0, 0.05) is 25.2 Å². The number of benzene rings is 1. The van der Waals surface area contributed by atoms with Gasteiger partial charge in [0.1, 0.15) is 0 Å². The molecule has 4 N–H and O–H groups in total. The molecule has 0 aliphatic carbocycles. The molecule has 0 aromatic heterocycles. The van der Waals surface area contributed by atoms with Crippen molar-refractivity contribution in [3.8, 4) is 0 Å². The van der Waals surface area contributed by atoms with Gasteiger partial charge in [-0.05, 0) is 24.1 Å². The van der Waals surface area contributed by atoms with E-state index in [2.05, 4.69) is 10.6 Å². The molecule has 0 fully saturated rings. The van der Waals surface area contributed by atoms with Crippen LogP contribution in [0.25, 0.3) is 0 Å². The Balaban J connectivity index is 2.33. The minimum Gasteiger partial charge on any atom is -0.359 e. The second kappa shape index (κ2) is 7.40. The number of hydrogen-bond acceptors (Lipinski definition) is 3. The lowest BCUT2D eigenvalue weighted by atomic mass is 10.1. The van der Waals surface area contributed by atoms with Gasteiger partial charge in [0.05, 0.1) is 0 Å². The van der Waals surface area contributed by atoms with Crippen molar-refractivity contribution in [2.45, 2.75) is 13.0 Å². The van der Waals surface area contributed by atoms with Gasteiger partial charge in [-0.1, -0.05) is 12.1 Å². The van der Waals surface area contributed by atoms with Crippen LogP contribution in [0.5, 0.6) is 0 Å². The van der Waals surface area contributed by atoms with Crippen molar-refractivity contribution in [1.29, 1.82) is 0 Å². The number of hydrogen-bond donors (Lipinski definition) is 3. The summed E-state index contributed by atoms with van der Waals surface area (Å²) >= 11 is 0. The molecule has 17 heavy (non-hydrogen) atoms. The molecule has 0 bridgehead atoms. The molecule has 0 aliphatic heterocycles. The third-order valence-corrected chi connectivity index (χ3v) is 2.32. The summed E-state index contributed by atoms with van der Waals surface area (Å²) in [6.45, 7) is 1.58. The minimum absolute atomic E-state index is 0.111. The van der Waals surface area contributed by atoms with Crippen molar-refractivity contribution in [3.63, 3.8) is 0 Å². The Morgan fingerprint density at radius 2 is 1.94 bits per heavy atom. The topological polar surface area (TPSA) is 84.2 Å². The summed E-state index contributed by atoms with van der Waals surface area (Å²) in [6, 6.07) is 7.17. The minimum atomic E-state index is -0.111. The summed E-state index contributed by atoms with van der Waals surface area (Å²) in [5, 5.41) is 5.30. The van der Waals surface area contributed by atoms with Gasteiger partial charge in [-0.15, -0.1) is 0 Å². The van der Waals surface area contributed by atoms with E-state index in [1.807, 2.05) is 12.1 Å². The Morgan fingerprint density at radius 3 is 2.53 bits per heavy atom. The summed E-state index contributed by atoms with van der Waals surface area (Å²) in [5.74, 6) is -0.111. The van der Waals surface area contributed by atoms with Crippen LogP contribution in [-0.4, -0.2) is 25.4 Å². The van der Waals surface area contributed by atoms with E-state index in [-0.39, 0.29) is 5.91 Å². The van der Waals surface area contributed by atoms with E-state index in [0.29, 0.717) is 38.0 Å². The maximum atomic E-state index is 11.6. The lowest BCUT2D eigenvalue weighted by Gasteiger charge is -2.05. The summed E-state index contributed by atoms with van der Waals surface area (Å²) in [6.07, 6.45) is 1.36. The Morgan fingerprint density at radius 1 is 1.24 bits per heavy atom. The van der Waals surface area contributed by atoms with E-state index in [1.165, 1.54) is 0 Å². The van der Waals surface area contributed by atoms with Crippen LogP contribution in [0.15, 0.2) is 24.3 Å². The highest BCUT2D eigenvalue weighted by Gasteiger charge is 2.03. The van der Waals surface area contributed by atoms with Crippen molar-refractivity contribution in [2.75, 3.05) is 13.1 Å². The van der Waals surface area contributed by atoms with Gasteiger partial charge >= 0.3 is 0 Å². The molecule has 5 nitrogen and oxygen atoms in total. The molecule has 1 aromatic carbocycles. The smallest absolute Gasteiger partial charge is 0.251 e. The largest absolute Gasteiger partial charge is 0.359 e. The first-order valence-corrected chi connectivity index (χ1v) is 5.52. The Bertz CT molecular complexity index is 363. The first-order chi connectivity index (χ1) is 8.27. The Labute approximate surface area is 100 Å². The van der Waals surface area contributed by atoms with E-state index in [1.54, 1.807) is 12.1 Å². The van der Waals surface area contributed by atoms with Crippen LogP contribution in [0.1, 0.15) is 22.3 Å². The van der Waals surface area contributed by atoms with E-state index >= 15 is 0 Å². The van der Waals surface area contributed by atoms with Crippen LogP contribution in [0, 0.1) is 0 Å². The maximum absolute atomic E-state index is 11.6. The fourth-order valence-corrected chi connectivity index (χ4v) is 1.35. The Hall–Kier alpha value is -1.88. The molecule has 92 valence electrons. The SMILES string of the molecule is NCc1ccc(C(=O)NCCCNC=O)cc1. The van der Waals surface area contributed by atoms with Crippen molar-refractivity contribution in [2.24, 2.45) is 5.73 Å². The molecular formula is C12H17N3O2.